The van der Waals surface area contributed by atoms with Gasteiger partial charge in [0.1, 0.15) is 17.2 Å². The SMILES string of the molecule is COCCOc1ccc(S(=O)(=O)Nc2ccsc2C(N)=O)cc1. The number of hydrogen-bond donors (Lipinski definition) is 2. The van der Waals surface area contributed by atoms with Crippen molar-refractivity contribution < 1.29 is 22.7 Å². The van der Waals surface area contributed by atoms with E-state index in [4.69, 9.17) is 15.2 Å². The van der Waals surface area contributed by atoms with E-state index in [-0.39, 0.29) is 15.5 Å². The highest BCUT2D eigenvalue weighted by atomic mass is 32.2. The van der Waals surface area contributed by atoms with Crippen LogP contribution in [0.15, 0.2) is 40.6 Å². The molecular weight excluding hydrogens is 340 g/mol. The van der Waals surface area contributed by atoms with Crippen LogP contribution in [0, 0.1) is 0 Å². The number of carbonyl (C=O) groups excluding carboxylic acids is 1. The lowest BCUT2D eigenvalue weighted by atomic mass is 10.3. The Balaban J connectivity index is 2.13. The number of nitrogens with one attached hydrogen (secondary N) is 1. The molecule has 1 heterocycles. The van der Waals surface area contributed by atoms with Crippen molar-refractivity contribution in [1.29, 1.82) is 0 Å². The molecule has 1 amide bonds. The van der Waals surface area contributed by atoms with E-state index in [9.17, 15) is 13.2 Å². The Bertz CT molecular complexity index is 769. The molecule has 0 bridgehead atoms. The van der Waals surface area contributed by atoms with Gasteiger partial charge in [0, 0.05) is 7.11 Å². The van der Waals surface area contributed by atoms with Gasteiger partial charge in [0.05, 0.1) is 17.2 Å². The van der Waals surface area contributed by atoms with Crippen LogP contribution >= 0.6 is 11.3 Å². The molecule has 0 unspecified atom stereocenters. The van der Waals surface area contributed by atoms with Gasteiger partial charge in [-0.15, -0.1) is 11.3 Å². The van der Waals surface area contributed by atoms with E-state index in [2.05, 4.69) is 4.72 Å². The maximum Gasteiger partial charge on any atom is 0.261 e. The number of benzene rings is 1. The van der Waals surface area contributed by atoms with Crippen LogP contribution in [0.25, 0.3) is 0 Å². The predicted octanol–water partition coefficient (Wildman–Crippen LogP) is 1.67. The van der Waals surface area contributed by atoms with Crippen LogP contribution in [0.4, 0.5) is 5.69 Å². The minimum Gasteiger partial charge on any atom is -0.491 e. The summed E-state index contributed by atoms with van der Waals surface area (Å²) in [7, 11) is -2.25. The fourth-order valence-corrected chi connectivity index (χ4v) is 3.58. The summed E-state index contributed by atoms with van der Waals surface area (Å²) in [5.74, 6) is -0.144. The zero-order chi connectivity index (χ0) is 16.9. The molecule has 2 aromatic rings. The number of sulfonamides is 1. The second kappa shape index (κ2) is 7.44. The number of amides is 1. The fraction of sp³-hybridized carbons (Fsp3) is 0.214. The fourth-order valence-electron chi connectivity index (χ4n) is 1.74. The Kier molecular flexibility index (Phi) is 5.59. The Labute approximate surface area is 138 Å². The number of ether oxygens (including phenoxy) is 2. The first-order valence-electron chi connectivity index (χ1n) is 6.56. The number of primary amides is 1. The highest BCUT2D eigenvalue weighted by molar-refractivity contribution is 7.92. The Morgan fingerprint density at radius 2 is 1.91 bits per heavy atom. The highest BCUT2D eigenvalue weighted by Gasteiger charge is 2.18. The first-order chi connectivity index (χ1) is 10.9. The van der Waals surface area contributed by atoms with E-state index in [0.29, 0.717) is 19.0 Å². The van der Waals surface area contributed by atoms with Gasteiger partial charge in [0.25, 0.3) is 15.9 Å². The van der Waals surface area contributed by atoms with Crippen molar-refractivity contribution in [3.8, 4) is 5.75 Å². The van der Waals surface area contributed by atoms with Gasteiger partial charge in [-0.25, -0.2) is 8.42 Å². The van der Waals surface area contributed by atoms with E-state index in [0.717, 1.165) is 11.3 Å². The second-order valence-corrected chi connectivity index (χ2v) is 7.04. The van der Waals surface area contributed by atoms with Crippen molar-refractivity contribution in [2.75, 3.05) is 25.0 Å². The smallest absolute Gasteiger partial charge is 0.261 e. The third-order valence-electron chi connectivity index (χ3n) is 2.82. The minimum absolute atomic E-state index is 0.0539. The van der Waals surface area contributed by atoms with Gasteiger partial charge in [0.15, 0.2) is 0 Å². The molecule has 124 valence electrons. The van der Waals surface area contributed by atoms with Crippen molar-refractivity contribution in [2.24, 2.45) is 5.73 Å². The van der Waals surface area contributed by atoms with E-state index in [1.165, 1.54) is 18.2 Å². The number of nitrogens with two attached hydrogens (primary N) is 1. The molecule has 0 atom stereocenters. The molecule has 1 aromatic heterocycles. The van der Waals surface area contributed by atoms with Gasteiger partial charge >= 0.3 is 0 Å². The summed E-state index contributed by atoms with van der Waals surface area (Å²) in [5, 5.41) is 1.59. The van der Waals surface area contributed by atoms with E-state index >= 15 is 0 Å². The third kappa shape index (κ3) is 4.44. The van der Waals surface area contributed by atoms with Gasteiger partial charge < -0.3 is 15.2 Å². The molecule has 2 rings (SSSR count). The normalized spacial score (nSPS) is 11.2. The van der Waals surface area contributed by atoms with Crippen molar-refractivity contribution in [1.82, 2.24) is 0 Å². The molecule has 0 aliphatic carbocycles. The topological polar surface area (TPSA) is 108 Å². The van der Waals surface area contributed by atoms with Crippen LogP contribution in [-0.4, -0.2) is 34.6 Å². The molecular formula is C14H16N2O5S2. The predicted molar refractivity (Wildman–Crippen MR) is 87.5 cm³/mol. The van der Waals surface area contributed by atoms with Crippen LogP contribution in [0.5, 0.6) is 5.75 Å². The molecule has 0 aliphatic heterocycles. The Hall–Kier alpha value is -2.10. The van der Waals surface area contributed by atoms with Gasteiger partial charge in [-0.3, -0.25) is 9.52 Å². The van der Waals surface area contributed by atoms with Gasteiger partial charge in [-0.1, -0.05) is 0 Å². The number of anilines is 1. The minimum atomic E-state index is -3.81. The summed E-state index contributed by atoms with van der Waals surface area (Å²) < 4.78 is 37.2. The summed E-state index contributed by atoms with van der Waals surface area (Å²) in [6.07, 6.45) is 0. The van der Waals surface area contributed by atoms with Crippen LogP contribution in [0.3, 0.4) is 0 Å². The molecule has 23 heavy (non-hydrogen) atoms. The lowest BCUT2D eigenvalue weighted by molar-refractivity contribution is 0.100. The van der Waals surface area contributed by atoms with Gasteiger partial charge in [0.2, 0.25) is 0 Å². The summed E-state index contributed by atoms with van der Waals surface area (Å²) in [4.78, 5) is 11.5. The lowest BCUT2D eigenvalue weighted by Gasteiger charge is -2.09. The largest absolute Gasteiger partial charge is 0.491 e. The number of hydrogen-bond acceptors (Lipinski definition) is 6. The van der Waals surface area contributed by atoms with Crippen LogP contribution in [0.2, 0.25) is 0 Å². The van der Waals surface area contributed by atoms with Crippen LogP contribution < -0.4 is 15.2 Å². The average molecular weight is 356 g/mol. The summed E-state index contributed by atoms with van der Waals surface area (Å²) >= 11 is 1.07. The maximum atomic E-state index is 12.3. The van der Waals surface area contributed by atoms with E-state index in [1.807, 2.05) is 0 Å². The van der Waals surface area contributed by atoms with Crippen molar-refractivity contribution in [3.05, 3.63) is 40.6 Å². The maximum absolute atomic E-state index is 12.3. The van der Waals surface area contributed by atoms with Crippen LogP contribution in [0.1, 0.15) is 9.67 Å². The molecule has 3 N–H and O–H groups in total. The molecule has 1 aromatic carbocycles. The number of thiophene rings is 1. The van der Waals surface area contributed by atoms with Gasteiger partial charge in [-0.2, -0.15) is 0 Å². The quantitative estimate of drug-likeness (QED) is 0.700. The zero-order valence-electron chi connectivity index (χ0n) is 12.3. The van der Waals surface area contributed by atoms with Crippen LogP contribution in [-0.2, 0) is 14.8 Å². The second-order valence-electron chi connectivity index (χ2n) is 4.45. The summed E-state index contributed by atoms with van der Waals surface area (Å²) in [5.41, 5.74) is 5.37. The molecule has 0 saturated carbocycles. The van der Waals surface area contributed by atoms with Crippen molar-refractivity contribution in [2.45, 2.75) is 4.90 Å². The number of methoxy groups -OCH3 is 1. The van der Waals surface area contributed by atoms with E-state index in [1.54, 1.807) is 24.6 Å². The molecule has 9 heteroatoms. The van der Waals surface area contributed by atoms with Crippen molar-refractivity contribution in [3.63, 3.8) is 0 Å². The zero-order valence-corrected chi connectivity index (χ0v) is 13.9. The Morgan fingerprint density at radius 1 is 1.22 bits per heavy atom. The number of carbonyl (C=O) groups is 1. The van der Waals surface area contributed by atoms with E-state index < -0.39 is 15.9 Å². The Morgan fingerprint density at radius 3 is 2.52 bits per heavy atom. The monoisotopic (exact) mass is 356 g/mol. The molecule has 0 saturated heterocycles. The highest BCUT2D eigenvalue weighted by Crippen LogP contribution is 2.25. The first kappa shape index (κ1) is 17.3. The average Bonchev–Trinajstić information content (AvgIpc) is 2.96. The summed E-state index contributed by atoms with van der Waals surface area (Å²) in [6.45, 7) is 0.813. The lowest BCUT2D eigenvalue weighted by Crippen LogP contribution is -2.17. The van der Waals surface area contributed by atoms with Crippen molar-refractivity contribution >= 4 is 33.0 Å². The molecule has 0 radical (unpaired) electrons. The molecule has 0 spiro atoms. The standard InChI is InChI=1S/C14H16N2O5S2/c1-20-7-8-21-10-2-4-11(5-3-10)23(18,19)16-12-6-9-22-13(12)14(15)17/h2-6,9,16H,7-8H2,1H3,(H2,15,17). The molecule has 0 aliphatic rings. The van der Waals surface area contributed by atoms with Gasteiger partial charge in [-0.05, 0) is 35.7 Å². The molecule has 7 nitrogen and oxygen atoms in total. The number of rotatable bonds is 8. The first-order valence-corrected chi connectivity index (χ1v) is 8.92. The molecule has 0 fully saturated rings. The third-order valence-corrected chi connectivity index (χ3v) is 5.13. The summed E-state index contributed by atoms with van der Waals surface area (Å²) in [6, 6.07) is 7.42.